The van der Waals surface area contributed by atoms with Gasteiger partial charge in [-0.05, 0) is 49.5 Å². The molecule has 0 aromatic rings. The standard InChI is InChI=1S/C27H54N2O/c1-7-29-20-9-8-19-26(29)28-27(30)21-25(6)18-12-17-24(5)16-11-15-23(4)14-10-13-22(2)3/h22-26H,7-21H2,1-6H3,(H,28,30). The number of piperidine rings is 1. The Morgan fingerprint density at radius 2 is 1.37 bits per heavy atom. The smallest absolute Gasteiger partial charge is 0.221 e. The van der Waals surface area contributed by atoms with Crippen molar-refractivity contribution in [3.8, 4) is 0 Å². The second-order valence-electron chi connectivity index (χ2n) is 10.9. The number of rotatable bonds is 16. The summed E-state index contributed by atoms with van der Waals surface area (Å²) in [5, 5.41) is 3.30. The summed E-state index contributed by atoms with van der Waals surface area (Å²) in [6.45, 7) is 16.1. The highest BCUT2D eigenvalue weighted by Crippen LogP contribution is 2.23. The first-order chi connectivity index (χ1) is 14.3. The molecule has 0 spiro atoms. The molecule has 1 amide bonds. The fourth-order valence-corrected chi connectivity index (χ4v) is 4.99. The van der Waals surface area contributed by atoms with Gasteiger partial charge in [-0.3, -0.25) is 9.69 Å². The van der Waals surface area contributed by atoms with E-state index in [0.29, 0.717) is 12.3 Å². The molecule has 0 radical (unpaired) electrons. The number of carbonyl (C=O) groups is 1. The molecule has 30 heavy (non-hydrogen) atoms. The van der Waals surface area contributed by atoms with E-state index in [9.17, 15) is 4.79 Å². The van der Waals surface area contributed by atoms with Crippen molar-refractivity contribution in [1.29, 1.82) is 0 Å². The van der Waals surface area contributed by atoms with Gasteiger partial charge < -0.3 is 5.32 Å². The van der Waals surface area contributed by atoms with E-state index in [4.69, 9.17) is 0 Å². The molecule has 4 unspecified atom stereocenters. The molecular weight excluding hydrogens is 368 g/mol. The zero-order valence-corrected chi connectivity index (χ0v) is 21.3. The first kappa shape index (κ1) is 27.5. The predicted octanol–water partition coefficient (Wildman–Crippen LogP) is 7.40. The Balaban J connectivity index is 2.08. The lowest BCUT2D eigenvalue weighted by Crippen LogP contribution is -2.50. The van der Waals surface area contributed by atoms with Crippen LogP contribution in [0, 0.1) is 23.7 Å². The first-order valence-corrected chi connectivity index (χ1v) is 13.3. The van der Waals surface area contributed by atoms with Gasteiger partial charge in [0.15, 0.2) is 0 Å². The van der Waals surface area contributed by atoms with Crippen LogP contribution < -0.4 is 5.32 Å². The first-order valence-electron chi connectivity index (χ1n) is 13.3. The predicted molar refractivity (Wildman–Crippen MR) is 132 cm³/mol. The quantitative estimate of drug-likeness (QED) is 0.281. The van der Waals surface area contributed by atoms with Gasteiger partial charge in [0.1, 0.15) is 0 Å². The van der Waals surface area contributed by atoms with E-state index >= 15 is 0 Å². The molecule has 1 aliphatic rings. The molecule has 0 aromatic carbocycles. The Morgan fingerprint density at radius 3 is 1.90 bits per heavy atom. The van der Waals surface area contributed by atoms with E-state index < -0.39 is 0 Å². The minimum Gasteiger partial charge on any atom is -0.341 e. The van der Waals surface area contributed by atoms with E-state index in [1.807, 2.05) is 0 Å². The van der Waals surface area contributed by atoms with Gasteiger partial charge in [-0.15, -0.1) is 0 Å². The summed E-state index contributed by atoms with van der Waals surface area (Å²) >= 11 is 0. The van der Waals surface area contributed by atoms with E-state index in [-0.39, 0.29) is 12.1 Å². The van der Waals surface area contributed by atoms with Gasteiger partial charge in [0.25, 0.3) is 0 Å². The lowest BCUT2D eigenvalue weighted by molar-refractivity contribution is -0.124. The third kappa shape index (κ3) is 13.0. The highest BCUT2D eigenvalue weighted by Gasteiger charge is 2.23. The molecule has 178 valence electrons. The molecule has 1 heterocycles. The molecule has 1 saturated heterocycles. The second kappa shape index (κ2) is 16.1. The Kier molecular flexibility index (Phi) is 14.8. The second-order valence-corrected chi connectivity index (χ2v) is 10.9. The average molecular weight is 423 g/mol. The minimum absolute atomic E-state index is 0.257. The molecule has 0 aromatic heterocycles. The summed E-state index contributed by atoms with van der Waals surface area (Å²) < 4.78 is 0. The molecule has 0 saturated carbocycles. The molecule has 3 heteroatoms. The van der Waals surface area contributed by atoms with Crippen LogP contribution in [0.3, 0.4) is 0 Å². The highest BCUT2D eigenvalue weighted by molar-refractivity contribution is 5.76. The molecule has 1 fully saturated rings. The normalized spacial score (nSPS) is 20.8. The van der Waals surface area contributed by atoms with Crippen molar-refractivity contribution in [2.75, 3.05) is 13.1 Å². The van der Waals surface area contributed by atoms with Crippen LogP contribution in [-0.4, -0.2) is 30.1 Å². The van der Waals surface area contributed by atoms with Crippen LogP contribution in [0.2, 0.25) is 0 Å². The van der Waals surface area contributed by atoms with Crippen molar-refractivity contribution in [1.82, 2.24) is 10.2 Å². The van der Waals surface area contributed by atoms with Crippen LogP contribution >= 0.6 is 0 Å². The summed E-state index contributed by atoms with van der Waals surface area (Å²) in [6, 6.07) is 0. The molecule has 1 aliphatic heterocycles. The van der Waals surface area contributed by atoms with E-state index in [1.54, 1.807) is 0 Å². The summed E-state index contributed by atoms with van der Waals surface area (Å²) in [7, 11) is 0. The molecular formula is C27H54N2O. The third-order valence-corrected chi connectivity index (χ3v) is 7.15. The minimum atomic E-state index is 0.257. The maximum Gasteiger partial charge on any atom is 0.221 e. The van der Waals surface area contributed by atoms with Crippen molar-refractivity contribution in [3.05, 3.63) is 0 Å². The van der Waals surface area contributed by atoms with Crippen LogP contribution in [0.15, 0.2) is 0 Å². The number of amides is 1. The summed E-state index contributed by atoms with van der Waals surface area (Å²) in [4.78, 5) is 14.9. The third-order valence-electron chi connectivity index (χ3n) is 7.15. The van der Waals surface area contributed by atoms with Gasteiger partial charge in [0.05, 0.1) is 6.17 Å². The molecule has 3 nitrogen and oxygen atoms in total. The van der Waals surface area contributed by atoms with Gasteiger partial charge in [-0.2, -0.15) is 0 Å². The van der Waals surface area contributed by atoms with Crippen molar-refractivity contribution in [2.24, 2.45) is 23.7 Å². The van der Waals surface area contributed by atoms with Crippen molar-refractivity contribution in [2.45, 2.75) is 131 Å². The molecule has 0 aliphatic carbocycles. The summed E-state index contributed by atoms with van der Waals surface area (Å²) in [5.41, 5.74) is 0. The molecule has 1 rings (SSSR count). The Labute approximate surface area is 189 Å². The van der Waals surface area contributed by atoms with Gasteiger partial charge in [-0.25, -0.2) is 0 Å². The zero-order chi connectivity index (χ0) is 22.4. The lowest BCUT2D eigenvalue weighted by Gasteiger charge is -2.35. The van der Waals surface area contributed by atoms with Gasteiger partial charge in [-0.1, -0.05) is 99.3 Å². The fourth-order valence-electron chi connectivity index (χ4n) is 4.99. The van der Waals surface area contributed by atoms with E-state index in [2.05, 4.69) is 51.8 Å². The molecule has 0 bridgehead atoms. The fraction of sp³-hybridized carbons (Fsp3) is 0.963. The van der Waals surface area contributed by atoms with Crippen molar-refractivity contribution < 1.29 is 4.79 Å². The number of carbonyl (C=O) groups excluding carboxylic acids is 1. The Morgan fingerprint density at radius 1 is 0.833 bits per heavy atom. The lowest BCUT2D eigenvalue weighted by atomic mass is 9.90. The van der Waals surface area contributed by atoms with Crippen LogP contribution in [0.1, 0.15) is 125 Å². The van der Waals surface area contributed by atoms with Gasteiger partial charge >= 0.3 is 0 Å². The summed E-state index contributed by atoms with van der Waals surface area (Å²) in [5.74, 6) is 3.32. The van der Waals surface area contributed by atoms with Crippen LogP contribution in [0.4, 0.5) is 0 Å². The Hall–Kier alpha value is -0.570. The summed E-state index contributed by atoms with van der Waals surface area (Å²) in [6.07, 6.45) is 16.7. The number of hydrogen-bond donors (Lipinski definition) is 1. The topological polar surface area (TPSA) is 32.3 Å². The number of likely N-dealkylation sites (tertiary alicyclic amines) is 1. The maximum absolute atomic E-state index is 12.5. The number of hydrogen-bond acceptors (Lipinski definition) is 2. The van der Waals surface area contributed by atoms with E-state index in [0.717, 1.165) is 37.3 Å². The van der Waals surface area contributed by atoms with Crippen LogP contribution in [0.25, 0.3) is 0 Å². The SMILES string of the molecule is CCN1CCCCC1NC(=O)CC(C)CCCC(C)CCCC(C)CCCC(C)C. The Bertz CT molecular complexity index is 437. The van der Waals surface area contributed by atoms with Gasteiger partial charge in [0.2, 0.25) is 5.91 Å². The number of nitrogens with zero attached hydrogens (tertiary/aromatic N) is 1. The van der Waals surface area contributed by atoms with Crippen LogP contribution in [-0.2, 0) is 4.79 Å². The largest absolute Gasteiger partial charge is 0.341 e. The van der Waals surface area contributed by atoms with E-state index in [1.165, 1.54) is 70.6 Å². The maximum atomic E-state index is 12.5. The van der Waals surface area contributed by atoms with Crippen LogP contribution in [0.5, 0.6) is 0 Å². The van der Waals surface area contributed by atoms with Crippen molar-refractivity contribution in [3.63, 3.8) is 0 Å². The van der Waals surface area contributed by atoms with Crippen molar-refractivity contribution >= 4 is 5.91 Å². The highest BCUT2D eigenvalue weighted by atomic mass is 16.1. The molecule has 1 N–H and O–H groups in total. The molecule has 4 atom stereocenters. The van der Waals surface area contributed by atoms with Gasteiger partial charge in [0, 0.05) is 13.0 Å². The average Bonchev–Trinajstić information content (AvgIpc) is 2.68. The zero-order valence-electron chi connectivity index (χ0n) is 21.3. The number of nitrogens with one attached hydrogen (secondary N) is 1. The monoisotopic (exact) mass is 422 g/mol.